The van der Waals surface area contributed by atoms with Gasteiger partial charge in [0, 0.05) is 0 Å². The SMILES string of the molecule is C1CCCC2C(CC1)CCC1C2CCC1C12CCCCCC1CCC1CCCCC12. The highest BCUT2D eigenvalue weighted by Crippen LogP contribution is 2.68. The fourth-order valence-corrected chi connectivity index (χ4v) is 11.4. The number of hydrogen-bond donors (Lipinski definition) is 0. The third-order valence-corrected chi connectivity index (χ3v) is 12.4. The van der Waals surface area contributed by atoms with E-state index in [4.69, 9.17) is 0 Å². The summed E-state index contributed by atoms with van der Waals surface area (Å²) in [5, 5.41) is 0. The first-order valence-electron chi connectivity index (χ1n) is 14.9. The van der Waals surface area contributed by atoms with Gasteiger partial charge in [0.1, 0.15) is 0 Å². The first-order chi connectivity index (χ1) is 14.9. The van der Waals surface area contributed by atoms with Crippen LogP contribution in [0.3, 0.4) is 0 Å². The van der Waals surface area contributed by atoms with Crippen LogP contribution in [0.4, 0.5) is 0 Å². The molecular formula is C30H50. The predicted octanol–water partition coefficient (Wildman–Crippen LogP) is 9.18. The molecule has 6 aliphatic carbocycles. The predicted molar refractivity (Wildman–Crippen MR) is 127 cm³/mol. The van der Waals surface area contributed by atoms with Gasteiger partial charge in [-0.15, -0.1) is 0 Å². The normalized spacial score (nSPS) is 52.0. The molecule has 6 rings (SSSR count). The van der Waals surface area contributed by atoms with Crippen molar-refractivity contribution in [2.75, 3.05) is 0 Å². The van der Waals surface area contributed by atoms with Gasteiger partial charge in [0.2, 0.25) is 0 Å². The van der Waals surface area contributed by atoms with Crippen LogP contribution in [-0.2, 0) is 0 Å². The summed E-state index contributed by atoms with van der Waals surface area (Å²) < 4.78 is 0. The van der Waals surface area contributed by atoms with E-state index in [1.54, 1.807) is 128 Å². The van der Waals surface area contributed by atoms with Crippen molar-refractivity contribution in [2.45, 2.75) is 135 Å². The van der Waals surface area contributed by atoms with Gasteiger partial charge in [-0.2, -0.15) is 0 Å². The molecular weight excluding hydrogens is 360 g/mol. The largest absolute Gasteiger partial charge is 0.0533 e. The number of fused-ring (bicyclic) bond motifs is 6. The maximum atomic E-state index is 1.65. The first kappa shape index (κ1) is 20.6. The maximum Gasteiger partial charge on any atom is -0.0207 e. The second-order valence-corrected chi connectivity index (χ2v) is 13.1. The van der Waals surface area contributed by atoms with E-state index >= 15 is 0 Å². The Bertz CT molecular complexity index is 579. The Morgan fingerprint density at radius 2 is 1.07 bits per heavy atom. The third-order valence-electron chi connectivity index (χ3n) is 12.4. The Morgan fingerprint density at radius 1 is 0.367 bits per heavy atom. The molecule has 0 aromatic carbocycles. The van der Waals surface area contributed by atoms with Crippen LogP contribution in [0.25, 0.3) is 0 Å². The van der Waals surface area contributed by atoms with Crippen LogP contribution < -0.4 is 0 Å². The highest BCUT2D eigenvalue weighted by atomic mass is 14.6. The minimum Gasteiger partial charge on any atom is -0.0533 e. The molecule has 6 aliphatic rings. The third kappa shape index (κ3) is 3.36. The van der Waals surface area contributed by atoms with Crippen LogP contribution in [0.2, 0.25) is 0 Å². The lowest BCUT2D eigenvalue weighted by molar-refractivity contribution is -0.111. The van der Waals surface area contributed by atoms with Crippen molar-refractivity contribution in [2.24, 2.45) is 52.8 Å². The van der Waals surface area contributed by atoms with Crippen molar-refractivity contribution in [3.63, 3.8) is 0 Å². The van der Waals surface area contributed by atoms with Gasteiger partial charge in [-0.25, -0.2) is 0 Å². The molecule has 0 bridgehead atoms. The van der Waals surface area contributed by atoms with E-state index in [0.29, 0.717) is 0 Å². The Labute approximate surface area is 187 Å². The summed E-state index contributed by atoms with van der Waals surface area (Å²) in [6.45, 7) is 0. The smallest absolute Gasteiger partial charge is 0.0207 e. The Morgan fingerprint density at radius 3 is 2.03 bits per heavy atom. The molecule has 0 spiro atoms. The van der Waals surface area contributed by atoms with E-state index in [0.717, 1.165) is 52.8 Å². The molecule has 0 aliphatic heterocycles. The highest BCUT2D eigenvalue weighted by molar-refractivity contribution is 5.09. The summed E-state index contributed by atoms with van der Waals surface area (Å²) in [4.78, 5) is 0. The molecule has 0 heterocycles. The van der Waals surface area contributed by atoms with Crippen LogP contribution in [-0.4, -0.2) is 0 Å². The van der Waals surface area contributed by atoms with Gasteiger partial charge in [-0.1, -0.05) is 70.6 Å². The average molecular weight is 411 g/mol. The fraction of sp³-hybridized carbons (Fsp3) is 1.00. The van der Waals surface area contributed by atoms with Crippen LogP contribution >= 0.6 is 0 Å². The zero-order valence-corrected chi connectivity index (χ0v) is 20.0. The van der Waals surface area contributed by atoms with Crippen molar-refractivity contribution < 1.29 is 0 Å². The molecule has 30 heavy (non-hydrogen) atoms. The molecule has 170 valence electrons. The second kappa shape index (κ2) is 8.74. The van der Waals surface area contributed by atoms with Gasteiger partial charge in [0.05, 0.1) is 0 Å². The van der Waals surface area contributed by atoms with E-state index in [9.17, 15) is 0 Å². The van der Waals surface area contributed by atoms with Crippen LogP contribution in [0.15, 0.2) is 0 Å². The van der Waals surface area contributed by atoms with Gasteiger partial charge >= 0.3 is 0 Å². The summed E-state index contributed by atoms with van der Waals surface area (Å²) in [5.74, 6) is 9.09. The van der Waals surface area contributed by atoms with Gasteiger partial charge < -0.3 is 0 Å². The lowest BCUT2D eigenvalue weighted by atomic mass is 9.45. The first-order valence-corrected chi connectivity index (χ1v) is 14.9. The molecule has 0 radical (unpaired) electrons. The minimum absolute atomic E-state index is 0.799. The molecule has 6 saturated carbocycles. The summed E-state index contributed by atoms with van der Waals surface area (Å²) in [6.07, 6.45) is 33.5. The molecule has 0 amide bonds. The molecule has 0 N–H and O–H groups in total. The van der Waals surface area contributed by atoms with Crippen molar-refractivity contribution in [3.8, 4) is 0 Å². The Hall–Kier alpha value is 0. The van der Waals surface area contributed by atoms with Crippen LogP contribution in [0, 0.1) is 52.8 Å². The van der Waals surface area contributed by atoms with Crippen molar-refractivity contribution in [1.29, 1.82) is 0 Å². The summed E-state index contributed by atoms with van der Waals surface area (Å²) >= 11 is 0. The van der Waals surface area contributed by atoms with Gasteiger partial charge in [0.25, 0.3) is 0 Å². The molecule has 0 saturated heterocycles. The summed E-state index contributed by atoms with van der Waals surface area (Å²) in [6, 6.07) is 0. The zero-order valence-electron chi connectivity index (χ0n) is 20.0. The topological polar surface area (TPSA) is 0 Å². The van der Waals surface area contributed by atoms with Gasteiger partial charge in [-0.05, 0) is 117 Å². The lowest BCUT2D eigenvalue weighted by Gasteiger charge is -2.60. The molecule has 0 aromatic heterocycles. The minimum atomic E-state index is 0.799. The lowest BCUT2D eigenvalue weighted by Crippen LogP contribution is -2.53. The quantitative estimate of drug-likeness (QED) is 0.404. The van der Waals surface area contributed by atoms with Gasteiger partial charge in [0.15, 0.2) is 0 Å². The second-order valence-electron chi connectivity index (χ2n) is 13.1. The number of rotatable bonds is 1. The van der Waals surface area contributed by atoms with Crippen LogP contribution in [0.5, 0.6) is 0 Å². The van der Waals surface area contributed by atoms with E-state index in [2.05, 4.69) is 0 Å². The van der Waals surface area contributed by atoms with Crippen molar-refractivity contribution in [3.05, 3.63) is 0 Å². The van der Waals surface area contributed by atoms with E-state index in [-0.39, 0.29) is 0 Å². The monoisotopic (exact) mass is 410 g/mol. The van der Waals surface area contributed by atoms with Crippen molar-refractivity contribution in [1.82, 2.24) is 0 Å². The molecule has 9 unspecified atom stereocenters. The van der Waals surface area contributed by atoms with Crippen molar-refractivity contribution >= 4 is 0 Å². The molecule has 9 atom stereocenters. The number of hydrogen-bond acceptors (Lipinski definition) is 0. The van der Waals surface area contributed by atoms with E-state index in [1.807, 2.05) is 0 Å². The highest BCUT2D eigenvalue weighted by Gasteiger charge is 2.60. The molecule has 0 heteroatoms. The fourth-order valence-electron chi connectivity index (χ4n) is 11.4. The standard InChI is InChI=1S/C30H50/c1-2-6-13-25-22(10-4-1)16-18-27-26(25)19-20-29(27)30-21-9-3-5-12-24(30)17-15-23-11-7-8-14-28(23)30/h22-29H,1-21H2. The van der Waals surface area contributed by atoms with Gasteiger partial charge in [-0.3, -0.25) is 0 Å². The molecule has 0 nitrogen and oxygen atoms in total. The average Bonchev–Trinajstić information content (AvgIpc) is 3.06. The zero-order chi connectivity index (χ0) is 20.0. The molecule has 0 aromatic rings. The van der Waals surface area contributed by atoms with Crippen LogP contribution in [0.1, 0.15) is 135 Å². The summed E-state index contributed by atoms with van der Waals surface area (Å²) in [5.41, 5.74) is 0.799. The van der Waals surface area contributed by atoms with E-state index < -0.39 is 0 Å². The summed E-state index contributed by atoms with van der Waals surface area (Å²) in [7, 11) is 0. The molecule has 6 fully saturated rings. The Kier molecular flexibility index (Phi) is 6.00. The maximum absolute atomic E-state index is 1.65. The Balaban J connectivity index is 1.32. The van der Waals surface area contributed by atoms with E-state index in [1.165, 1.54) is 6.42 Å².